The molecule has 0 unspecified atom stereocenters. The largest absolute Gasteiger partial charge is 0.440 e. The Balaban J connectivity index is 2.69. The van der Waals surface area contributed by atoms with Crippen LogP contribution in [0.1, 0.15) is 0 Å². The van der Waals surface area contributed by atoms with Crippen LogP contribution in [0.3, 0.4) is 0 Å². The second kappa shape index (κ2) is 2.05. The van der Waals surface area contributed by atoms with E-state index in [2.05, 4.69) is 8.57 Å². The van der Waals surface area contributed by atoms with Gasteiger partial charge in [-0.05, 0) is 0 Å². The third kappa shape index (κ3) is 1.33. The Morgan fingerprint density at radius 2 is 2.30 bits per heavy atom. The Labute approximate surface area is 56.2 Å². The summed E-state index contributed by atoms with van der Waals surface area (Å²) in [6, 6.07) is 0. The zero-order valence-corrected chi connectivity index (χ0v) is 5.38. The molecule has 1 saturated heterocycles. The van der Waals surface area contributed by atoms with E-state index in [-0.39, 0.29) is 0 Å². The van der Waals surface area contributed by atoms with E-state index in [1.807, 2.05) is 0 Å². The van der Waals surface area contributed by atoms with Crippen LogP contribution in [0.5, 0.6) is 0 Å². The van der Waals surface area contributed by atoms with Gasteiger partial charge in [0.25, 0.3) is 0 Å². The Hall–Kier alpha value is -0.900. The third-order valence-corrected chi connectivity index (χ3v) is 1.22. The molecule has 0 radical (unpaired) electrons. The average molecular weight is 168 g/mol. The first-order valence-electron chi connectivity index (χ1n) is 2.04. The van der Waals surface area contributed by atoms with Gasteiger partial charge >= 0.3 is 10.4 Å². The maximum absolute atomic E-state index is 10.2. The van der Waals surface area contributed by atoms with E-state index in [1.54, 1.807) is 5.59 Å². The highest BCUT2D eigenvalue weighted by atomic mass is 32.3. The van der Waals surface area contributed by atoms with E-state index in [4.69, 9.17) is 11.1 Å². The van der Waals surface area contributed by atoms with Crippen LogP contribution in [-0.2, 0) is 19.0 Å². The summed E-state index contributed by atoms with van der Waals surface area (Å²) in [5.41, 5.74) is 6.52. The summed E-state index contributed by atoms with van der Waals surface area (Å²) in [6.07, 6.45) is 0. The van der Waals surface area contributed by atoms with Gasteiger partial charge in [-0.3, -0.25) is 5.41 Å². The molecule has 0 aromatic heterocycles. The van der Waals surface area contributed by atoms with Crippen molar-refractivity contribution in [3.05, 3.63) is 0 Å². The van der Waals surface area contributed by atoms with Gasteiger partial charge in [-0.1, -0.05) is 5.59 Å². The monoisotopic (exact) mass is 168 g/mol. The molecule has 8 nitrogen and oxygen atoms in total. The minimum atomic E-state index is -4.05. The van der Waals surface area contributed by atoms with Gasteiger partial charge in [0.05, 0.1) is 0 Å². The molecule has 1 aliphatic rings. The van der Waals surface area contributed by atoms with Crippen molar-refractivity contribution in [2.24, 2.45) is 5.73 Å². The quantitative estimate of drug-likeness (QED) is 0.277. The maximum atomic E-state index is 10.2. The van der Waals surface area contributed by atoms with Gasteiger partial charge in [-0.15, -0.1) is 13.7 Å². The molecule has 0 aliphatic carbocycles. The number of rotatable bonds is 0. The number of guanidine groups is 1. The standard InChI is InChI=1S/CH4N4O4S/c2-1(3)5-4-8-10(6,7)9-5/h4H,(H3,2,3). The molecule has 1 fully saturated rings. The zero-order chi connectivity index (χ0) is 7.78. The Morgan fingerprint density at radius 1 is 1.70 bits per heavy atom. The molecule has 0 aromatic carbocycles. The van der Waals surface area contributed by atoms with Crippen molar-refractivity contribution >= 4 is 16.4 Å². The molecule has 0 spiro atoms. The molecule has 10 heavy (non-hydrogen) atoms. The first-order chi connectivity index (χ1) is 4.51. The van der Waals surface area contributed by atoms with E-state index in [0.29, 0.717) is 5.17 Å². The molecule has 0 aromatic rings. The van der Waals surface area contributed by atoms with E-state index >= 15 is 0 Å². The molecule has 9 heteroatoms. The van der Waals surface area contributed by atoms with Crippen LogP contribution in [0.25, 0.3) is 0 Å². The molecule has 1 heterocycles. The minimum Gasteiger partial charge on any atom is -0.367 e. The minimum absolute atomic E-state index is 0.356. The second-order valence-corrected chi connectivity index (χ2v) is 2.47. The summed E-state index contributed by atoms with van der Waals surface area (Å²) < 4.78 is 28.2. The summed E-state index contributed by atoms with van der Waals surface area (Å²) in [4.78, 5) is 0. The lowest BCUT2D eigenvalue weighted by Gasteiger charge is -2.05. The van der Waals surface area contributed by atoms with Crippen LogP contribution in [-0.4, -0.2) is 19.5 Å². The molecule has 0 saturated carbocycles. The topological polar surface area (TPSA) is 118 Å². The Morgan fingerprint density at radius 3 is 2.50 bits per heavy atom. The van der Waals surface area contributed by atoms with Gasteiger partial charge < -0.3 is 5.73 Å². The van der Waals surface area contributed by atoms with Gasteiger partial charge in [0, 0.05) is 0 Å². The van der Waals surface area contributed by atoms with E-state index < -0.39 is 16.4 Å². The summed E-state index contributed by atoms with van der Waals surface area (Å²) in [6.45, 7) is 0. The van der Waals surface area contributed by atoms with Crippen LogP contribution in [0, 0.1) is 5.41 Å². The Bertz CT molecular complexity index is 244. The molecule has 0 amide bonds. The Kier molecular flexibility index (Phi) is 1.48. The number of hydrazine groups is 1. The molecule has 1 aliphatic heterocycles. The van der Waals surface area contributed by atoms with Crippen molar-refractivity contribution in [3.63, 3.8) is 0 Å². The summed E-state index contributed by atoms with van der Waals surface area (Å²) >= 11 is 0. The predicted molar refractivity (Wildman–Crippen MR) is 28.0 cm³/mol. The zero-order valence-electron chi connectivity index (χ0n) is 4.57. The molecule has 58 valence electrons. The van der Waals surface area contributed by atoms with Gasteiger partial charge in [-0.25, -0.2) is 0 Å². The van der Waals surface area contributed by atoms with Crippen LogP contribution in [0.4, 0.5) is 0 Å². The number of hydrogen-bond donors (Lipinski definition) is 3. The van der Waals surface area contributed by atoms with Crippen LogP contribution >= 0.6 is 0 Å². The first kappa shape index (κ1) is 7.21. The lowest BCUT2D eigenvalue weighted by atomic mass is 11.1. The van der Waals surface area contributed by atoms with Gasteiger partial charge in [-0.2, -0.15) is 8.42 Å². The van der Waals surface area contributed by atoms with Gasteiger partial charge in [0.15, 0.2) is 0 Å². The fraction of sp³-hybridized carbons (Fsp3) is 0. The van der Waals surface area contributed by atoms with E-state index in [1.165, 1.54) is 0 Å². The predicted octanol–water partition coefficient (Wildman–Crippen LogP) is -2.19. The number of nitrogens with zero attached hydrogens (tertiary/aromatic N) is 1. The van der Waals surface area contributed by atoms with Crippen molar-refractivity contribution in [2.75, 3.05) is 0 Å². The molecular formula is CH4N4O4S. The van der Waals surface area contributed by atoms with Gasteiger partial charge in [0.2, 0.25) is 5.96 Å². The van der Waals surface area contributed by atoms with Gasteiger partial charge in [0.1, 0.15) is 0 Å². The molecule has 1 rings (SSSR count). The average Bonchev–Trinajstić information content (AvgIpc) is 2.10. The van der Waals surface area contributed by atoms with Crippen molar-refractivity contribution in [1.82, 2.24) is 10.8 Å². The number of nitrogens with two attached hydrogens (primary N) is 1. The fourth-order valence-electron chi connectivity index (χ4n) is 0.291. The maximum Gasteiger partial charge on any atom is 0.440 e. The van der Waals surface area contributed by atoms with Crippen molar-refractivity contribution < 1.29 is 17.0 Å². The summed E-state index contributed by atoms with van der Waals surface area (Å²) in [7, 11) is -4.05. The highest BCUT2D eigenvalue weighted by Crippen LogP contribution is 2.03. The second-order valence-electron chi connectivity index (χ2n) is 1.34. The smallest absolute Gasteiger partial charge is 0.367 e. The number of nitrogens with one attached hydrogen (secondary N) is 2. The SMILES string of the molecule is N=C(N)N1NOS(=O)(=O)O1. The highest BCUT2D eigenvalue weighted by molar-refractivity contribution is 7.81. The normalized spacial score (nSPS) is 23.0. The van der Waals surface area contributed by atoms with Crippen molar-refractivity contribution in [2.45, 2.75) is 0 Å². The molecule has 0 atom stereocenters. The van der Waals surface area contributed by atoms with Crippen LogP contribution in [0.15, 0.2) is 0 Å². The van der Waals surface area contributed by atoms with Crippen LogP contribution < -0.4 is 11.3 Å². The third-order valence-electron chi connectivity index (χ3n) is 0.607. The number of hydrogen-bond acceptors (Lipinski definition) is 6. The summed E-state index contributed by atoms with van der Waals surface area (Å²) in [5.74, 6) is -0.624. The first-order valence-corrected chi connectivity index (χ1v) is 3.37. The lowest BCUT2D eigenvalue weighted by molar-refractivity contribution is -0.0422. The van der Waals surface area contributed by atoms with Crippen molar-refractivity contribution in [3.8, 4) is 0 Å². The molecule has 4 N–H and O–H groups in total. The fourth-order valence-corrected chi connectivity index (χ4v) is 0.773. The highest BCUT2D eigenvalue weighted by Gasteiger charge is 2.29. The van der Waals surface area contributed by atoms with Crippen LogP contribution in [0.2, 0.25) is 0 Å². The number of hydroxylamine groups is 1. The molecule has 0 bridgehead atoms. The lowest BCUT2D eigenvalue weighted by Crippen LogP contribution is -2.39. The van der Waals surface area contributed by atoms with Crippen molar-refractivity contribution in [1.29, 1.82) is 5.41 Å². The summed E-state index contributed by atoms with van der Waals surface area (Å²) in [5, 5.41) is 7.00. The van der Waals surface area contributed by atoms with E-state index in [9.17, 15) is 8.42 Å². The molecular weight excluding hydrogens is 164 g/mol. The van der Waals surface area contributed by atoms with E-state index in [0.717, 1.165) is 0 Å².